The third-order valence-electron chi connectivity index (χ3n) is 5.38. The maximum Gasteiger partial charge on any atom is 0.405 e. The monoisotopic (exact) mass is 452 g/mol. The number of aromatic amines is 1. The number of aromatic nitrogens is 4. The number of nitrogens with zero attached hydrogens (tertiary/aromatic N) is 4. The topological polar surface area (TPSA) is 86.8 Å². The van der Waals surface area contributed by atoms with E-state index in [0.29, 0.717) is 40.7 Å². The Hall–Kier alpha value is -2.88. The van der Waals surface area contributed by atoms with Crippen LogP contribution in [0.15, 0.2) is 30.7 Å². The van der Waals surface area contributed by atoms with Crippen LogP contribution in [-0.4, -0.2) is 50.6 Å². The van der Waals surface area contributed by atoms with Gasteiger partial charge in [-0.2, -0.15) is 13.2 Å². The number of amides is 1. The summed E-state index contributed by atoms with van der Waals surface area (Å²) in [4.78, 5) is 30.6. The van der Waals surface area contributed by atoms with Crippen molar-refractivity contribution in [2.45, 2.75) is 44.4 Å². The van der Waals surface area contributed by atoms with Gasteiger partial charge in [0.15, 0.2) is 5.82 Å². The van der Waals surface area contributed by atoms with Gasteiger partial charge < -0.3 is 15.2 Å². The highest BCUT2D eigenvalue weighted by atomic mass is 35.5. The summed E-state index contributed by atoms with van der Waals surface area (Å²) in [5, 5.41) is 3.22. The van der Waals surface area contributed by atoms with Gasteiger partial charge in [0, 0.05) is 35.6 Å². The minimum absolute atomic E-state index is 0.0107. The third kappa shape index (κ3) is 4.43. The van der Waals surface area contributed by atoms with Crippen LogP contribution in [0.2, 0.25) is 5.02 Å². The highest BCUT2D eigenvalue weighted by molar-refractivity contribution is 6.31. The molecule has 4 heterocycles. The van der Waals surface area contributed by atoms with Crippen molar-refractivity contribution in [1.29, 1.82) is 0 Å². The molecule has 2 atom stereocenters. The van der Waals surface area contributed by atoms with E-state index >= 15 is 0 Å². The molecule has 1 fully saturated rings. The van der Waals surface area contributed by atoms with Crippen LogP contribution in [0.1, 0.15) is 26.2 Å². The van der Waals surface area contributed by atoms with E-state index in [1.54, 1.807) is 29.4 Å². The number of hydrogen-bond donors (Lipinski definition) is 2. The van der Waals surface area contributed by atoms with E-state index in [4.69, 9.17) is 11.6 Å². The summed E-state index contributed by atoms with van der Waals surface area (Å²) >= 11 is 6.07. The summed E-state index contributed by atoms with van der Waals surface area (Å²) < 4.78 is 37.7. The lowest BCUT2D eigenvalue weighted by Gasteiger charge is -2.30. The van der Waals surface area contributed by atoms with Gasteiger partial charge in [-0.1, -0.05) is 18.5 Å². The fourth-order valence-electron chi connectivity index (χ4n) is 3.98. The second-order valence-electron chi connectivity index (χ2n) is 7.39. The van der Waals surface area contributed by atoms with E-state index in [2.05, 4.69) is 19.9 Å². The molecule has 3 aromatic heterocycles. The molecular weight excluding hydrogens is 433 g/mol. The normalized spacial score (nSPS) is 19.2. The minimum Gasteiger partial charge on any atom is -0.345 e. The maximum atomic E-state index is 12.6. The second kappa shape index (κ2) is 8.33. The molecule has 0 aromatic carbocycles. The Morgan fingerprint density at radius 2 is 2.16 bits per heavy atom. The maximum absolute atomic E-state index is 12.6. The molecule has 1 aliphatic heterocycles. The average molecular weight is 453 g/mol. The quantitative estimate of drug-likeness (QED) is 0.608. The van der Waals surface area contributed by atoms with E-state index in [9.17, 15) is 18.0 Å². The lowest BCUT2D eigenvalue weighted by Crippen LogP contribution is -2.48. The molecule has 31 heavy (non-hydrogen) atoms. The molecule has 1 saturated heterocycles. The Bertz CT molecular complexity index is 1100. The lowest BCUT2D eigenvalue weighted by atomic mass is 10.1. The van der Waals surface area contributed by atoms with E-state index in [-0.39, 0.29) is 6.04 Å². The predicted molar refractivity (Wildman–Crippen MR) is 111 cm³/mol. The van der Waals surface area contributed by atoms with Gasteiger partial charge in [-0.05, 0) is 31.4 Å². The number of H-pyrrole nitrogens is 1. The summed E-state index contributed by atoms with van der Waals surface area (Å²) in [6, 6.07) is 2.68. The van der Waals surface area contributed by atoms with Crippen molar-refractivity contribution in [2.24, 2.45) is 0 Å². The predicted octanol–water partition coefficient (Wildman–Crippen LogP) is 4.10. The van der Waals surface area contributed by atoms with E-state index in [1.165, 1.54) is 6.20 Å². The fraction of sp³-hybridized carbons (Fsp3) is 0.400. The molecule has 0 bridgehead atoms. The summed E-state index contributed by atoms with van der Waals surface area (Å²) in [5.74, 6) is 0.242. The Morgan fingerprint density at radius 3 is 2.90 bits per heavy atom. The first-order chi connectivity index (χ1) is 14.8. The molecule has 0 spiro atoms. The van der Waals surface area contributed by atoms with Crippen molar-refractivity contribution in [2.75, 3.05) is 11.4 Å². The zero-order valence-corrected chi connectivity index (χ0v) is 17.3. The van der Waals surface area contributed by atoms with Crippen molar-refractivity contribution in [3.05, 3.63) is 35.7 Å². The molecular formula is C20H20ClF3N6O. The molecule has 1 amide bonds. The van der Waals surface area contributed by atoms with Crippen LogP contribution in [-0.2, 0) is 4.79 Å². The first kappa shape index (κ1) is 21.4. The smallest absolute Gasteiger partial charge is 0.345 e. The number of carbonyl (C=O) groups is 1. The highest BCUT2D eigenvalue weighted by Gasteiger charge is 2.39. The third-order valence-corrected chi connectivity index (χ3v) is 5.59. The van der Waals surface area contributed by atoms with Crippen LogP contribution in [0.5, 0.6) is 0 Å². The van der Waals surface area contributed by atoms with Crippen LogP contribution in [0.3, 0.4) is 0 Å². The lowest BCUT2D eigenvalue weighted by molar-refractivity contribution is -0.139. The highest BCUT2D eigenvalue weighted by Crippen LogP contribution is 2.33. The molecule has 164 valence electrons. The SMILES string of the molecule is CC[C@H]1CC[C@H](C(=O)NCC(F)(F)F)N1c1ccnc(-c2c[nH]c3ncc(Cl)cc23)n1. The van der Waals surface area contributed by atoms with E-state index < -0.39 is 24.7 Å². The summed E-state index contributed by atoms with van der Waals surface area (Å²) in [5.41, 5.74) is 1.32. The number of anilines is 1. The number of rotatable bonds is 5. The molecule has 7 nitrogen and oxygen atoms in total. The van der Waals surface area contributed by atoms with Crippen LogP contribution < -0.4 is 10.2 Å². The van der Waals surface area contributed by atoms with Gasteiger partial charge in [0.25, 0.3) is 0 Å². The van der Waals surface area contributed by atoms with Gasteiger partial charge in [-0.25, -0.2) is 15.0 Å². The number of fused-ring (bicyclic) bond motifs is 1. The minimum atomic E-state index is -4.46. The zero-order chi connectivity index (χ0) is 22.2. The van der Waals surface area contributed by atoms with Crippen molar-refractivity contribution in [3.63, 3.8) is 0 Å². The number of pyridine rings is 1. The summed E-state index contributed by atoms with van der Waals surface area (Å²) in [7, 11) is 0. The number of hydrogen-bond acceptors (Lipinski definition) is 5. The Labute approximate surface area is 181 Å². The van der Waals surface area contributed by atoms with Gasteiger partial charge in [0.1, 0.15) is 24.1 Å². The van der Waals surface area contributed by atoms with Crippen molar-refractivity contribution >= 4 is 34.4 Å². The standard InChI is InChI=1S/C20H20ClF3N6O/c1-2-12-3-4-15(19(31)28-10-20(22,23)24)30(12)16-5-6-25-18(29-16)14-9-27-17-13(14)7-11(21)8-26-17/h5-9,12,15H,2-4,10H2,1H3,(H,26,27)(H,28,31)/t12-,15+/m0/s1. The Kier molecular flexibility index (Phi) is 5.74. The largest absolute Gasteiger partial charge is 0.405 e. The van der Waals surface area contributed by atoms with Crippen LogP contribution in [0.4, 0.5) is 19.0 Å². The van der Waals surface area contributed by atoms with Crippen molar-refractivity contribution in [3.8, 4) is 11.4 Å². The molecule has 2 N–H and O–H groups in total. The van der Waals surface area contributed by atoms with Gasteiger partial charge >= 0.3 is 6.18 Å². The molecule has 0 radical (unpaired) electrons. The Morgan fingerprint density at radius 1 is 1.35 bits per heavy atom. The first-order valence-electron chi connectivity index (χ1n) is 9.85. The average Bonchev–Trinajstić information content (AvgIpc) is 3.35. The van der Waals surface area contributed by atoms with Crippen LogP contribution in [0.25, 0.3) is 22.4 Å². The second-order valence-corrected chi connectivity index (χ2v) is 7.82. The van der Waals surface area contributed by atoms with Gasteiger partial charge in [0.2, 0.25) is 5.91 Å². The fourth-order valence-corrected chi connectivity index (χ4v) is 4.14. The Balaban J connectivity index is 1.67. The number of nitrogens with one attached hydrogen (secondary N) is 2. The molecule has 0 saturated carbocycles. The van der Waals surface area contributed by atoms with Gasteiger partial charge in [-0.15, -0.1) is 0 Å². The van der Waals surface area contributed by atoms with E-state index in [0.717, 1.165) is 11.8 Å². The number of alkyl halides is 3. The molecule has 4 rings (SSSR count). The molecule has 0 unspecified atom stereocenters. The van der Waals surface area contributed by atoms with Gasteiger partial charge in [-0.3, -0.25) is 4.79 Å². The van der Waals surface area contributed by atoms with Gasteiger partial charge in [0.05, 0.1) is 5.02 Å². The van der Waals surface area contributed by atoms with Crippen molar-refractivity contribution in [1.82, 2.24) is 25.3 Å². The molecule has 11 heteroatoms. The number of carbonyl (C=O) groups excluding carboxylic acids is 1. The van der Waals surface area contributed by atoms with Crippen LogP contribution in [0, 0.1) is 0 Å². The summed E-state index contributed by atoms with van der Waals surface area (Å²) in [6.07, 6.45) is 2.24. The van der Waals surface area contributed by atoms with E-state index in [1.807, 2.05) is 12.2 Å². The van der Waals surface area contributed by atoms with Crippen LogP contribution >= 0.6 is 11.6 Å². The molecule has 0 aliphatic carbocycles. The molecule has 1 aliphatic rings. The first-order valence-corrected chi connectivity index (χ1v) is 10.2. The zero-order valence-electron chi connectivity index (χ0n) is 16.6. The number of halogens is 4. The molecule has 3 aromatic rings. The van der Waals surface area contributed by atoms with Crippen molar-refractivity contribution < 1.29 is 18.0 Å². The summed E-state index contributed by atoms with van der Waals surface area (Å²) in [6.45, 7) is 0.619.